The van der Waals surface area contributed by atoms with Crippen molar-refractivity contribution in [2.24, 2.45) is 17.2 Å². The first-order chi connectivity index (χ1) is 3.72. The van der Waals surface area contributed by atoms with Gasteiger partial charge in [-0.1, -0.05) is 0 Å². The summed E-state index contributed by atoms with van der Waals surface area (Å²) in [6.45, 7) is 1.79. The van der Waals surface area contributed by atoms with Crippen molar-refractivity contribution in [3.05, 3.63) is 23.7 Å². The Balaban J connectivity index is 4.04. The molecule has 0 aliphatic heterocycles. The maximum atomic E-state index is 5.31. The van der Waals surface area contributed by atoms with Gasteiger partial charge in [0.05, 0.1) is 5.70 Å². The van der Waals surface area contributed by atoms with Crippen molar-refractivity contribution in [1.29, 1.82) is 0 Å². The van der Waals surface area contributed by atoms with E-state index >= 15 is 0 Å². The van der Waals surface area contributed by atoms with Crippen LogP contribution in [-0.2, 0) is 0 Å². The van der Waals surface area contributed by atoms with E-state index in [0.29, 0.717) is 5.70 Å². The number of allylic oxidation sites excluding steroid dienone is 1. The summed E-state index contributed by atoms with van der Waals surface area (Å²) in [5, 5.41) is 0. The van der Waals surface area contributed by atoms with Gasteiger partial charge in [-0.3, -0.25) is 0 Å². The molecular weight excluding hydrogens is 102 g/mol. The van der Waals surface area contributed by atoms with Crippen LogP contribution in [-0.4, -0.2) is 0 Å². The molecule has 0 aliphatic rings. The normalized spacial score (nSPS) is 14.1. The second kappa shape index (κ2) is 2.96. The molecule has 3 heteroatoms. The number of rotatable bonds is 1. The van der Waals surface area contributed by atoms with Crippen molar-refractivity contribution in [3.8, 4) is 0 Å². The highest BCUT2D eigenvalue weighted by molar-refractivity contribution is 5.23. The lowest BCUT2D eigenvalue weighted by Crippen LogP contribution is -2.03. The lowest BCUT2D eigenvalue weighted by molar-refractivity contribution is 1.24. The molecule has 0 rings (SSSR count). The molecule has 0 unspecified atom stereocenters. The molecule has 0 heterocycles. The van der Waals surface area contributed by atoms with E-state index in [4.69, 9.17) is 17.2 Å². The number of hydrogen-bond acceptors (Lipinski definition) is 3. The third-order valence-electron chi connectivity index (χ3n) is 0.885. The molecule has 0 atom stereocenters. The van der Waals surface area contributed by atoms with E-state index in [-0.39, 0.29) is 0 Å². The summed E-state index contributed by atoms with van der Waals surface area (Å²) in [6.07, 6.45) is 2.73. The van der Waals surface area contributed by atoms with Gasteiger partial charge >= 0.3 is 0 Å². The van der Waals surface area contributed by atoms with Crippen molar-refractivity contribution in [2.75, 3.05) is 0 Å². The molecule has 0 aromatic rings. The third-order valence-corrected chi connectivity index (χ3v) is 0.885. The van der Waals surface area contributed by atoms with Crippen molar-refractivity contribution >= 4 is 0 Å². The lowest BCUT2D eigenvalue weighted by atomic mass is 10.2. The Labute approximate surface area is 48.8 Å². The molecule has 0 saturated heterocycles. The Morgan fingerprint density at radius 3 is 1.88 bits per heavy atom. The van der Waals surface area contributed by atoms with Crippen LogP contribution in [0.5, 0.6) is 0 Å². The van der Waals surface area contributed by atoms with Crippen LogP contribution in [0, 0.1) is 0 Å². The van der Waals surface area contributed by atoms with E-state index in [1.54, 1.807) is 6.92 Å². The van der Waals surface area contributed by atoms with Crippen molar-refractivity contribution in [1.82, 2.24) is 0 Å². The fourth-order valence-electron chi connectivity index (χ4n) is 0.228. The van der Waals surface area contributed by atoms with E-state index in [1.807, 2.05) is 0 Å². The van der Waals surface area contributed by atoms with Gasteiger partial charge in [-0.15, -0.1) is 0 Å². The minimum Gasteiger partial charge on any atom is -0.404 e. The molecule has 0 saturated carbocycles. The first-order valence-corrected chi connectivity index (χ1v) is 2.28. The highest BCUT2D eigenvalue weighted by atomic mass is 14.6. The predicted molar refractivity (Wildman–Crippen MR) is 34.4 cm³/mol. The van der Waals surface area contributed by atoms with Gasteiger partial charge in [0.15, 0.2) is 0 Å². The number of hydrogen-bond donors (Lipinski definition) is 3. The quantitative estimate of drug-likeness (QED) is 0.405. The fourth-order valence-corrected chi connectivity index (χ4v) is 0.228. The minimum absolute atomic E-state index is 0.521. The molecular formula is C5H11N3. The lowest BCUT2D eigenvalue weighted by Gasteiger charge is -1.95. The first-order valence-electron chi connectivity index (χ1n) is 2.28. The molecule has 0 fully saturated rings. The van der Waals surface area contributed by atoms with E-state index in [1.165, 1.54) is 12.4 Å². The molecule has 0 radical (unpaired) electrons. The van der Waals surface area contributed by atoms with Crippen LogP contribution < -0.4 is 17.2 Å². The van der Waals surface area contributed by atoms with Crippen molar-refractivity contribution in [2.45, 2.75) is 6.92 Å². The van der Waals surface area contributed by atoms with Gasteiger partial charge in [0.25, 0.3) is 0 Å². The maximum absolute atomic E-state index is 5.31. The number of nitrogens with two attached hydrogens (primary N) is 3. The monoisotopic (exact) mass is 113 g/mol. The Kier molecular flexibility index (Phi) is 2.54. The average Bonchev–Trinajstić information content (AvgIpc) is 1.84. The van der Waals surface area contributed by atoms with E-state index < -0.39 is 0 Å². The molecule has 0 aromatic heterocycles. The molecule has 0 aromatic carbocycles. The highest BCUT2D eigenvalue weighted by Crippen LogP contribution is 1.95. The molecule has 8 heavy (non-hydrogen) atoms. The van der Waals surface area contributed by atoms with Crippen LogP contribution in [0.1, 0.15) is 6.92 Å². The largest absolute Gasteiger partial charge is 0.404 e. The summed E-state index contributed by atoms with van der Waals surface area (Å²) in [5.74, 6) is 0. The third kappa shape index (κ3) is 1.55. The molecule has 6 N–H and O–H groups in total. The fraction of sp³-hybridized carbons (Fsp3) is 0.200. The zero-order valence-electron chi connectivity index (χ0n) is 4.89. The summed E-state index contributed by atoms with van der Waals surface area (Å²) in [6, 6.07) is 0. The van der Waals surface area contributed by atoms with Crippen LogP contribution in [0.2, 0.25) is 0 Å². The summed E-state index contributed by atoms with van der Waals surface area (Å²) >= 11 is 0. The minimum atomic E-state index is 0.521. The zero-order valence-corrected chi connectivity index (χ0v) is 4.89. The summed E-state index contributed by atoms with van der Waals surface area (Å²) in [4.78, 5) is 0. The van der Waals surface area contributed by atoms with Gasteiger partial charge in [-0.05, 0) is 18.7 Å². The molecule has 46 valence electrons. The Morgan fingerprint density at radius 1 is 1.25 bits per heavy atom. The standard InChI is InChI=1S/C5H11N3/c1-4(2-6)5(8)3-7/h2-3H,6-8H2,1H3/b4-2+,5-3-. The highest BCUT2D eigenvalue weighted by Gasteiger charge is 1.86. The summed E-state index contributed by atoms with van der Waals surface area (Å²) < 4.78 is 0. The molecule has 3 nitrogen and oxygen atoms in total. The van der Waals surface area contributed by atoms with Crippen molar-refractivity contribution < 1.29 is 0 Å². The Morgan fingerprint density at radius 2 is 1.75 bits per heavy atom. The van der Waals surface area contributed by atoms with Crippen LogP contribution in [0.3, 0.4) is 0 Å². The van der Waals surface area contributed by atoms with Gasteiger partial charge in [0.1, 0.15) is 0 Å². The van der Waals surface area contributed by atoms with Gasteiger partial charge < -0.3 is 17.2 Å². The first kappa shape index (κ1) is 6.88. The topological polar surface area (TPSA) is 78.1 Å². The molecule has 0 aliphatic carbocycles. The molecule has 0 spiro atoms. The van der Waals surface area contributed by atoms with Gasteiger partial charge in [0, 0.05) is 6.20 Å². The summed E-state index contributed by atoms with van der Waals surface area (Å²) in [7, 11) is 0. The Bertz CT molecular complexity index is 108. The molecule has 0 bridgehead atoms. The van der Waals surface area contributed by atoms with Gasteiger partial charge in [-0.25, -0.2) is 0 Å². The second-order valence-electron chi connectivity index (χ2n) is 1.47. The Hall–Kier alpha value is -1.12. The second-order valence-corrected chi connectivity index (χ2v) is 1.47. The van der Waals surface area contributed by atoms with E-state index in [2.05, 4.69) is 0 Å². The van der Waals surface area contributed by atoms with E-state index in [9.17, 15) is 0 Å². The summed E-state index contributed by atoms with van der Waals surface area (Å²) in [5.41, 5.74) is 16.8. The predicted octanol–water partition coefficient (Wildman–Crippen LogP) is -0.392. The van der Waals surface area contributed by atoms with Gasteiger partial charge in [-0.2, -0.15) is 0 Å². The SMILES string of the molecule is CC(=C\N)/C(N)=C/N. The zero-order chi connectivity index (χ0) is 6.57. The van der Waals surface area contributed by atoms with Crippen LogP contribution in [0.25, 0.3) is 0 Å². The van der Waals surface area contributed by atoms with Crippen LogP contribution in [0.4, 0.5) is 0 Å². The van der Waals surface area contributed by atoms with Crippen LogP contribution in [0.15, 0.2) is 23.7 Å². The van der Waals surface area contributed by atoms with Crippen LogP contribution >= 0.6 is 0 Å². The smallest absolute Gasteiger partial charge is 0.0515 e. The van der Waals surface area contributed by atoms with Gasteiger partial charge in [0.2, 0.25) is 0 Å². The molecule has 0 amide bonds. The van der Waals surface area contributed by atoms with E-state index in [0.717, 1.165) is 5.57 Å². The maximum Gasteiger partial charge on any atom is 0.0515 e. The average molecular weight is 113 g/mol. The van der Waals surface area contributed by atoms with Crippen molar-refractivity contribution in [3.63, 3.8) is 0 Å².